The van der Waals surface area contributed by atoms with Crippen LogP contribution in [0, 0.1) is 0 Å². The zero-order chi connectivity index (χ0) is 16.0. The molecule has 2 aromatic rings. The summed E-state index contributed by atoms with van der Waals surface area (Å²) >= 11 is 7.39. The Bertz CT molecular complexity index is 689. The Hall–Kier alpha value is -0.960. The number of hydrogen-bond donors (Lipinski definition) is 2. The van der Waals surface area contributed by atoms with Gasteiger partial charge in [0.25, 0.3) is 0 Å². The van der Waals surface area contributed by atoms with Gasteiger partial charge in [-0.05, 0) is 23.6 Å². The molecule has 1 aromatic carbocycles. The molecule has 0 fully saturated rings. The average molecular weight is 362 g/mol. The molecule has 0 aliphatic heterocycles. The van der Waals surface area contributed by atoms with E-state index in [4.69, 9.17) is 21.4 Å². The van der Waals surface area contributed by atoms with Crippen LogP contribution in [0.15, 0.2) is 46.7 Å². The molecule has 0 saturated carbocycles. The smallest absolute Gasteiger partial charge is 0.242 e. The van der Waals surface area contributed by atoms with E-state index in [0.717, 1.165) is 4.88 Å². The molecule has 1 aromatic heterocycles. The summed E-state index contributed by atoms with van der Waals surface area (Å²) < 4.78 is 32.6. The van der Waals surface area contributed by atoms with E-state index in [2.05, 4.69) is 4.72 Å². The van der Waals surface area contributed by atoms with Crippen LogP contribution in [0.1, 0.15) is 11.0 Å². The van der Waals surface area contributed by atoms with Gasteiger partial charge in [-0.25, -0.2) is 13.1 Å². The lowest BCUT2D eigenvalue weighted by atomic mass is 10.3. The summed E-state index contributed by atoms with van der Waals surface area (Å²) in [7, 11) is -3.72. The van der Waals surface area contributed by atoms with Gasteiger partial charge >= 0.3 is 0 Å². The van der Waals surface area contributed by atoms with Crippen LogP contribution in [0.3, 0.4) is 0 Å². The highest BCUT2D eigenvalue weighted by atomic mass is 35.5. The molecule has 0 amide bonds. The summed E-state index contributed by atoms with van der Waals surface area (Å²) in [4.78, 5) is 0.916. The highest BCUT2D eigenvalue weighted by molar-refractivity contribution is 7.89. The van der Waals surface area contributed by atoms with E-state index in [0.29, 0.717) is 0 Å². The number of hydrogen-bond acceptors (Lipinski definition) is 5. The van der Waals surface area contributed by atoms with Gasteiger partial charge in [0.1, 0.15) is 11.0 Å². The van der Waals surface area contributed by atoms with Gasteiger partial charge in [0.2, 0.25) is 10.0 Å². The Labute approximate surface area is 138 Å². The van der Waals surface area contributed by atoms with Gasteiger partial charge in [-0.1, -0.05) is 29.8 Å². The maximum absolute atomic E-state index is 12.3. The summed E-state index contributed by atoms with van der Waals surface area (Å²) in [5.41, 5.74) is 0. The van der Waals surface area contributed by atoms with Crippen molar-refractivity contribution >= 4 is 33.0 Å². The fourth-order valence-electron chi connectivity index (χ4n) is 1.84. The molecule has 0 aliphatic carbocycles. The van der Waals surface area contributed by atoms with E-state index in [-0.39, 0.29) is 29.7 Å². The van der Waals surface area contributed by atoms with Crippen LogP contribution in [0.25, 0.3) is 0 Å². The van der Waals surface area contributed by atoms with Gasteiger partial charge in [0, 0.05) is 11.4 Å². The molecule has 0 unspecified atom stereocenters. The molecule has 2 rings (SSSR count). The fraction of sp³-hybridized carbons (Fsp3) is 0.286. The van der Waals surface area contributed by atoms with E-state index in [1.807, 2.05) is 17.5 Å². The first-order valence-corrected chi connectivity index (χ1v) is 9.28. The third-order valence-corrected chi connectivity index (χ3v) is 5.74. The molecule has 0 bridgehead atoms. The Balaban J connectivity index is 2.10. The summed E-state index contributed by atoms with van der Waals surface area (Å²) in [5, 5.41) is 10.9. The highest BCUT2D eigenvalue weighted by Crippen LogP contribution is 2.24. The normalized spacial score (nSPS) is 13.2. The monoisotopic (exact) mass is 361 g/mol. The predicted octanol–water partition coefficient (Wildman–Crippen LogP) is 2.43. The minimum absolute atomic E-state index is 0.0313. The number of benzene rings is 1. The maximum Gasteiger partial charge on any atom is 0.242 e. The Kier molecular flexibility index (Phi) is 6.37. The van der Waals surface area contributed by atoms with Crippen molar-refractivity contribution in [3.8, 4) is 0 Å². The third kappa shape index (κ3) is 4.52. The molecule has 0 aliphatic rings. The molecular weight excluding hydrogens is 346 g/mol. The lowest BCUT2D eigenvalue weighted by Crippen LogP contribution is -2.30. The second-order valence-corrected chi connectivity index (χ2v) is 7.50. The fourth-order valence-corrected chi connectivity index (χ4v) is 4.16. The van der Waals surface area contributed by atoms with Crippen molar-refractivity contribution in [1.29, 1.82) is 0 Å². The van der Waals surface area contributed by atoms with E-state index >= 15 is 0 Å². The molecule has 22 heavy (non-hydrogen) atoms. The number of thiophene rings is 1. The lowest BCUT2D eigenvalue weighted by Gasteiger charge is -2.17. The molecule has 0 radical (unpaired) electrons. The minimum Gasteiger partial charge on any atom is -0.394 e. The summed E-state index contributed by atoms with van der Waals surface area (Å²) in [6.07, 6.45) is -0.454. The molecule has 5 nitrogen and oxygen atoms in total. The second kappa shape index (κ2) is 8.05. The van der Waals surface area contributed by atoms with Crippen LogP contribution >= 0.6 is 22.9 Å². The highest BCUT2D eigenvalue weighted by Gasteiger charge is 2.21. The van der Waals surface area contributed by atoms with Crippen molar-refractivity contribution in [3.63, 3.8) is 0 Å². The largest absolute Gasteiger partial charge is 0.394 e. The van der Waals surface area contributed by atoms with Crippen molar-refractivity contribution in [1.82, 2.24) is 4.72 Å². The zero-order valence-electron chi connectivity index (χ0n) is 11.6. The molecule has 8 heteroatoms. The summed E-state index contributed by atoms with van der Waals surface area (Å²) in [6, 6.07) is 9.96. The van der Waals surface area contributed by atoms with Crippen LogP contribution in [0.4, 0.5) is 0 Å². The standard InChI is InChI=1S/C14H16ClNO4S2/c15-11-4-1-2-6-14(11)22(18,19)16-10-12(20-8-7-17)13-5-3-9-21-13/h1-6,9,12,16-17H,7-8,10H2/t12-/m1/s1. The van der Waals surface area contributed by atoms with E-state index < -0.39 is 16.1 Å². The van der Waals surface area contributed by atoms with Crippen LogP contribution in [0.2, 0.25) is 5.02 Å². The van der Waals surface area contributed by atoms with Crippen LogP contribution in [-0.4, -0.2) is 33.3 Å². The first-order chi connectivity index (χ1) is 10.5. The van der Waals surface area contributed by atoms with Crippen molar-refractivity contribution in [2.45, 2.75) is 11.0 Å². The van der Waals surface area contributed by atoms with Crippen LogP contribution in [-0.2, 0) is 14.8 Å². The SMILES string of the molecule is O=S(=O)(NC[C@@H](OCCO)c1cccs1)c1ccccc1Cl. The second-order valence-electron chi connectivity index (χ2n) is 4.38. The number of nitrogens with one attached hydrogen (secondary N) is 1. The lowest BCUT2D eigenvalue weighted by molar-refractivity contribution is 0.0328. The quantitative estimate of drug-likeness (QED) is 0.757. The molecule has 1 atom stereocenters. The molecule has 1 heterocycles. The zero-order valence-corrected chi connectivity index (χ0v) is 14.0. The Morgan fingerprint density at radius 3 is 2.68 bits per heavy atom. The molecule has 0 spiro atoms. The van der Waals surface area contributed by atoms with Gasteiger partial charge in [0.05, 0.1) is 18.2 Å². The van der Waals surface area contributed by atoms with Crippen LogP contribution in [0.5, 0.6) is 0 Å². The first kappa shape index (κ1) is 17.4. The van der Waals surface area contributed by atoms with E-state index in [9.17, 15) is 8.42 Å². The maximum atomic E-state index is 12.3. The van der Waals surface area contributed by atoms with E-state index in [1.165, 1.54) is 23.5 Å². The predicted molar refractivity (Wildman–Crippen MR) is 86.7 cm³/mol. The van der Waals surface area contributed by atoms with Crippen molar-refractivity contribution in [2.75, 3.05) is 19.8 Å². The van der Waals surface area contributed by atoms with Gasteiger partial charge < -0.3 is 9.84 Å². The van der Waals surface area contributed by atoms with Crippen molar-refractivity contribution in [2.24, 2.45) is 0 Å². The number of aliphatic hydroxyl groups excluding tert-OH is 1. The number of rotatable bonds is 8. The van der Waals surface area contributed by atoms with Gasteiger partial charge in [-0.3, -0.25) is 0 Å². The number of sulfonamides is 1. The molecule has 0 saturated heterocycles. The molecule has 2 N–H and O–H groups in total. The van der Waals surface area contributed by atoms with Crippen LogP contribution < -0.4 is 4.72 Å². The molecule has 120 valence electrons. The van der Waals surface area contributed by atoms with Crippen molar-refractivity contribution < 1.29 is 18.3 Å². The van der Waals surface area contributed by atoms with E-state index in [1.54, 1.807) is 12.1 Å². The summed E-state index contributed by atoms with van der Waals surface area (Å²) in [6.45, 7) is 0.0730. The first-order valence-electron chi connectivity index (χ1n) is 6.54. The number of halogens is 1. The Morgan fingerprint density at radius 2 is 2.05 bits per heavy atom. The number of aliphatic hydroxyl groups is 1. The van der Waals surface area contributed by atoms with Gasteiger partial charge in [-0.2, -0.15) is 0 Å². The third-order valence-electron chi connectivity index (χ3n) is 2.86. The number of ether oxygens (including phenoxy) is 1. The Morgan fingerprint density at radius 1 is 1.27 bits per heavy atom. The average Bonchev–Trinajstić information content (AvgIpc) is 3.02. The summed E-state index contributed by atoms with van der Waals surface area (Å²) in [5.74, 6) is 0. The minimum atomic E-state index is -3.72. The van der Waals surface area contributed by atoms with Gasteiger partial charge in [0.15, 0.2) is 0 Å². The van der Waals surface area contributed by atoms with Gasteiger partial charge in [-0.15, -0.1) is 11.3 Å². The molecular formula is C14H16ClNO4S2. The van der Waals surface area contributed by atoms with Crippen molar-refractivity contribution in [3.05, 3.63) is 51.7 Å². The topological polar surface area (TPSA) is 75.6 Å².